The van der Waals surface area contributed by atoms with E-state index in [1.807, 2.05) is 36.4 Å². The van der Waals surface area contributed by atoms with Gasteiger partial charge in [0.25, 0.3) is 11.7 Å². The fourth-order valence-electron chi connectivity index (χ4n) is 3.89. The summed E-state index contributed by atoms with van der Waals surface area (Å²) in [5, 5.41) is 11.0. The molecule has 4 rings (SSSR count). The van der Waals surface area contributed by atoms with Crippen molar-refractivity contribution in [1.82, 2.24) is 9.88 Å². The molecule has 31 heavy (non-hydrogen) atoms. The number of aromatic nitrogens is 1. The van der Waals surface area contributed by atoms with Crippen molar-refractivity contribution in [3.8, 4) is 0 Å². The third-order valence-corrected chi connectivity index (χ3v) is 5.58. The summed E-state index contributed by atoms with van der Waals surface area (Å²) in [5.41, 5.74) is 3.37. The smallest absolute Gasteiger partial charge is 0.295 e. The van der Waals surface area contributed by atoms with Gasteiger partial charge in [0.05, 0.1) is 11.6 Å². The SMILES string of the molecule is CC(C)c1ccc(C2C(=C(O)c3ccccc3)C(=O)C(=O)N2Cc2cccnc2)cc1. The predicted molar refractivity (Wildman–Crippen MR) is 119 cm³/mol. The zero-order valence-electron chi connectivity index (χ0n) is 17.5. The van der Waals surface area contributed by atoms with E-state index in [1.54, 1.807) is 42.7 Å². The van der Waals surface area contributed by atoms with Crippen molar-refractivity contribution in [3.63, 3.8) is 0 Å². The van der Waals surface area contributed by atoms with E-state index >= 15 is 0 Å². The number of likely N-dealkylation sites (tertiary alicyclic amines) is 1. The van der Waals surface area contributed by atoms with Crippen LogP contribution in [0, 0.1) is 0 Å². The van der Waals surface area contributed by atoms with E-state index in [0.717, 1.165) is 16.7 Å². The van der Waals surface area contributed by atoms with Gasteiger partial charge in [-0.15, -0.1) is 0 Å². The van der Waals surface area contributed by atoms with Gasteiger partial charge in [-0.1, -0.05) is 74.5 Å². The van der Waals surface area contributed by atoms with Gasteiger partial charge in [0.2, 0.25) is 0 Å². The van der Waals surface area contributed by atoms with E-state index < -0.39 is 17.7 Å². The molecule has 1 unspecified atom stereocenters. The number of rotatable bonds is 5. The number of amides is 1. The summed E-state index contributed by atoms with van der Waals surface area (Å²) in [6.45, 7) is 4.44. The van der Waals surface area contributed by atoms with E-state index in [-0.39, 0.29) is 17.9 Å². The molecule has 2 heterocycles. The minimum absolute atomic E-state index is 0.109. The number of hydrogen-bond donors (Lipinski definition) is 1. The molecule has 1 saturated heterocycles. The molecule has 5 nitrogen and oxygen atoms in total. The lowest BCUT2D eigenvalue weighted by molar-refractivity contribution is -0.140. The number of carbonyl (C=O) groups excluding carboxylic acids is 2. The number of benzene rings is 2. The first kappa shape index (κ1) is 20.5. The van der Waals surface area contributed by atoms with Gasteiger partial charge < -0.3 is 10.0 Å². The van der Waals surface area contributed by atoms with Crippen LogP contribution in [-0.2, 0) is 16.1 Å². The maximum atomic E-state index is 13.1. The van der Waals surface area contributed by atoms with Crippen molar-refractivity contribution in [2.75, 3.05) is 0 Å². The van der Waals surface area contributed by atoms with Crippen LogP contribution in [0.15, 0.2) is 84.7 Å². The topological polar surface area (TPSA) is 70.5 Å². The number of aliphatic hydroxyl groups excluding tert-OH is 1. The van der Waals surface area contributed by atoms with Crippen LogP contribution in [0.4, 0.5) is 0 Å². The van der Waals surface area contributed by atoms with Crippen LogP contribution in [0.5, 0.6) is 0 Å². The molecular formula is C26H24N2O3. The molecule has 1 aliphatic rings. The fourth-order valence-corrected chi connectivity index (χ4v) is 3.89. The lowest BCUT2D eigenvalue weighted by Gasteiger charge is -2.25. The quantitative estimate of drug-likeness (QED) is 0.370. The lowest BCUT2D eigenvalue weighted by Crippen LogP contribution is -2.29. The Labute approximate surface area is 181 Å². The van der Waals surface area contributed by atoms with Crippen molar-refractivity contribution < 1.29 is 14.7 Å². The van der Waals surface area contributed by atoms with Crippen LogP contribution in [0.1, 0.15) is 48.1 Å². The molecule has 3 aromatic rings. The van der Waals surface area contributed by atoms with Gasteiger partial charge in [-0.3, -0.25) is 14.6 Å². The van der Waals surface area contributed by atoms with Crippen molar-refractivity contribution >= 4 is 17.4 Å². The Hall–Kier alpha value is -3.73. The number of aliphatic hydroxyl groups is 1. The number of nitrogens with zero attached hydrogens (tertiary/aromatic N) is 2. The highest BCUT2D eigenvalue weighted by molar-refractivity contribution is 6.46. The van der Waals surface area contributed by atoms with Gasteiger partial charge in [-0.2, -0.15) is 0 Å². The summed E-state index contributed by atoms with van der Waals surface area (Å²) in [7, 11) is 0. The molecule has 1 aromatic heterocycles. The molecule has 0 radical (unpaired) electrons. The summed E-state index contributed by atoms with van der Waals surface area (Å²) in [5.74, 6) is -1.10. The van der Waals surface area contributed by atoms with E-state index in [2.05, 4.69) is 18.8 Å². The molecule has 0 saturated carbocycles. The minimum atomic E-state index is -0.679. The average Bonchev–Trinajstić information content (AvgIpc) is 3.05. The highest BCUT2D eigenvalue weighted by Crippen LogP contribution is 2.40. The van der Waals surface area contributed by atoms with Crippen LogP contribution < -0.4 is 0 Å². The maximum absolute atomic E-state index is 13.1. The van der Waals surface area contributed by atoms with E-state index in [4.69, 9.17) is 0 Å². The third-order valence-electron chi connectivity index (χ3n) is 5.58. The number of hydrogen-bond acceptors (Lipinski definition) is 4. The average molecular weight is 412 g/mol. The molecule has 2 aromatic carbocycles. The molecule has 5 heteroatoms. The van der Waals surface area contributed by atoms with E-state index in [0.29, 0.717) is 11.5 Å². The summed E-state index contributed by atoms with van der Waals surface area (Å²) in [4.78, 5) is 31.7. The predicted octanol–water partition coefficient (Wildman–Crippen LogP) is 4.83. The normalized spacial score (nSPS) is 18.0. The molecular weight excluding hydrogens is 388 g/mol. The van der Waals surface area contributed by atoms with Gasteiger partial charge in [0.15, 0.2) is 0 Å². The molecule has 0 spiro atoms. The van der Waals surface area contributed by atoms with Crippen molar-refractivity contribution in [3.05, 3.63) is 107 Å². The van der Waals surface area contributed by atoms with Crippen LogP contribution in [-0.4, -0.2) is 26.7 Å². The Bertz CT molecular complexity index is 1120. The van der Waals surface area contributed by atoms with Gasteiger partial charge in [0.1, 0.15) is 5.76 Å². The number of carbonyl (C=O) groups is 2. The Morgan fingerprint density at radius 2 is 1.71 bits per heavy atom. The molecule has 1 fully saturated rings. The molecule has 0 bridgehead atoms. The van der Waals surface area contributed by atoms with Crippen molar-refractivity contribution in [2.45, 2.75) is 32.4 Å². The molecule has 0 aliphatic carbocycles. The number of Topliss-reactive ketones (excluding diaryl/α,β-unsaturated/α-hetero) is 1. The Balaban J connectivity index is 1.84. The third kappa shape index (κ3) is 3.99. The molecule has 1 atom stereocenters. The molecule has 1 aliphatic heterocycles. The van der Waals surface area contributed by atoms with Crippen LogP contribution >= 0.6 is 0 Å². The van der Waals surface area contributed by atoms with Gasteiger partial charge in [-0.05, 0) is 28.7 Å². The summed E-state index contributed by atoms with van der Waals surface area (Å²) in [6, 6.07) is 19.7. The Morgan fingerprint density at radius 1 is 1.00 bits per heavy atom. The first-order valence-electron chi connectivity index (χ1n) is 10.3. The first-order valence-corrected chi connectivity index (χ1v) is 10.3. The van der Waals surface area contributed by atoms with Crippen molar-refractivity contribution in [1.29, 1.82) is 0 Å². The largest absolute Gasteiger partial charge is 0.507 e. The fraction of sp³-hybridized carbons (Fsp3) is 0.192. The Morgan fingerprint density at radius 3 is 2.32 bits per heavy atom. The van der Waals surface area contributed by atoms with Crippen molar-refractivity contribution in [2.24, 2.45) is 0 Å². The summed E-state index contributed by atoms with van der Waals surface area (Å²) in [6.07, 6.45) is 3.34. The van der Waals surface area contributed by atoms with Crippen LogP contribution in [0.25, 0.3) is 5.76 Å². The summed E-state index contributed by atoms with van der Waals surface area (Å²) >= 11 is 0. The first-order chi connectivity index (χ1) is 15.0. The lowest BCUT2D eigenvalue weighted by atomic mass is 9.93. The number of pyridine rings is 1. The molecule has 1 N–H and O–H groups in total. The zero-order valence-corrected chi connectivity index (χ0v) is 17.5. The highest BCUT2D eigenvalue weighted by Gasteiger charge is 2.46. The summed E-state index contributed by atoms with van der Waals surface area (Å²) < 4.78 is 0. The van der Waals surface area contributed by atoms with Gasteiger partial charge in [-0.25, -0.2) is 0 Å². The second-order valence-corrected chi connectivity index (χ2v) is 7.98. The van der Waals surface area contributed by atoms with E-state index in [1.165, 1.54) is 4.90 Å². The second kappa shape index (κ2) is 8.56. The zero-order chi connectivity index (χ0) is 22.0. The second-order valence-electron chi connectivity index (χ2n) is 7.98. The van der Waals surface area contributed by atoms with E-state index in [9.17, 15) is 14.7 Å². The Kier molecular flexibility index (Phi) is 5.67. The minimum Gasteiger partial charge on any atom is -0.507 e. The monoisotopic (exact) mass is 412 g/mol. The van der Waals surface area contributed by atoms with Crippen LogP contribution in [0.3, 0.4) is 0 Å². The highest BCUT2D eigenvalue weighted by atomic mass is 16.3. The molecule has 156 valence electrons. The molecule has 1 amide bonds. The number of ketones is 1. The van der Waals surface area contributed by atoms with Gasteiger partial charge >= 0.3 is 0 Å². The standard InChI is InChI=1S/C26H24N2O3/c1-17(2)19-10-12-20(13-11-19)23-22(24(29)21-8-4-3-5-9-21)25(30)26(31)28(23)16-18-7-6-14-27-15-18/h3-15,17,23,29H,16H2,1-2H3. The van der Waals surface area contributed by atoms with Gasteiger partial charge in [0, 0.05) is 24.5 Å². The van der Waals surface area contributed by atoms with Crippen LogP contribution in [0.2, 0.25) is 0 Å². The maximum Gasteiger partial charge on any atom is 0.295 e.